The number of hydrogen-bond acceptors (Lipinski definition) is 1. The average Bonchev–Trinajstić information content (AvgIpc) is 2.17. The average molecular weight is 216 g/mol. The summed E-state index contributed by atoms with van der Waals surface area (Å²) >= 11 is 0. The first-order valence-corrected chi connectivity index (χ1v) is 3.98. The van der Waals surface area contributed by atoms with Crippen LogP contribution in [0.1, 0.15) is 5.56 Å². The Morgan fingerprint density at radius 3 is 2.27 bits per heavy atom. The third-order valence-corrected chi connectivity index (χ3v) is 1.64. The first-order chi connectivity index (χ1) is 6.92. The molecule has 15 heavy (non-hydrogen) atoms. The van der Waals surface area contributed by atoms with Crippen LogP contribution in [-0.2, 0) is 4.79 Å². The molecule has 0 spiro atoms. The molecule has 1 aromatic carbocycles. The fourth-order valence-corrected chi connectivity index (χ4v) is 0.846. The van der Waals surface area contributed by atoms with Crippen LogP contribution in [0.3, 0.4) is 0 Å². The smallest absolute Gasteiger partial charge is 0.378 e. The number of aliphatic carboxylic acids is 1. The SMILES string of the molecule is O=C(O)C(F)(F)C=Cc1ccc(F)cc1. The molecule has 0 amide bonds. The Hall–Kier alpha value is -1.78. The molecule has 0 aliphatic heterocycles. The normalized spacial score (nSPS) is 11.9. The Morgan fingerprint density at radius 1 is 1.27 bits per heavy atom. The quantitative estimate of drug-likeness (QED) is 0.842. The minimum Gasteiger partial charge on any atom is -0.477 e. The molecule has 0 fully saturated rings. The van der Waals surface area contributed by atoms with Gasteiger partial charge in [-0.15, -0.1) is 0 Å². The highest BCUT2D eigenvalue weighted by molar-refractivity contribution is 5.79. The van der Waals surface area contributed by atoms with Gasteiger partial charge in [0.1, 0.15) is 5.82 Å². The maximum Gasteiger partial charge on any atom is 0.378 e. The van der Waals surface area contributed by atoms with Crippen molar-refractivity contribution >= 4 is 12.0 Å². The van der Waals surface area contributed by atoms with Gasteiger partial charge in [-0.1, -0.05) is 18.2 Å². The molecule has 0 aliphatic rings. The molecular weight excluding hydrogens is 209 g/mol. The van der Waals surface area contributed by atoms with Crippen LogP contribution in [0.25, 0.3) is 6.08 Å². The van der Waals surface area contributed by atoms with Crippen molar-refractivity contribution in [3.05, 3.63) is 41.7 Å². The Labute approximate surface area is 83.7 Å². The zero-order chi connectivity index (χ0) is 11.5. The second kappa shape index (κ2) is 4.16. The topological polar surface area (TPSA) is 37.3 Å². The van der Waals surface area contributed by atoms with Gasteiger partial charge in [-0.2, -0.15) is 8.78 Å². The number of benzene rings is 1. The molecule has 1 N–H and O–H groups in total. The van der Waals surface area contributed by atoms with Crippen molar-refractivity contribution < 1.29 is 23.1 Å². The standard InChI is InChI=1S/C10H7F3O2/c11-8-3-1-7(2-4-8)5-6-10(12,13)9(14)15/h1-6H,(H,14,15). The molecule has 0 aliphatic carbocycles. The molecule has 1 rings (SSSR count). The van der Waals surface area contributed by atoms with Crippen LogP contribution in [0, 0.1) is 5.82 Å². The number of halogens is 3. The van der Waals surface area contributed by atoms with Crippen molar-refractivity contribution in [3.63, 3.8) is 0 Å². The summed E-state index contributed by atoms with van der Waals surface area (Å²) in [6, 6.07) is 4.73. The third-order valence-electron chi connectivity index (χ3n) is 1.64. The zero-order valence-electron chi connectivity index (χ0n) is 7.45. The highest BCUT2D eigenvalue weighted by Gasteiger charge is 2.35. The Bertz CT molecular complexity index is 382. The predicted molar refractivity (Wildman–Crippen MR) is 48.0 cm³/mol. The summed E-state index contributed by atoms with van der Waals surface area (Å²) in [5, 5.41) is 8.10. The van der Waals surface area contributed by atoms with Crippen molar-refractivity contribution in [2.45, 2.75) is 5.92 Å². The van der Waals surface area contributed by atoms with Crippen LogP contribution in [0.15, 0.2) is 30.3 Å². The number of rotatable bonds is 3. The highest BCUT2D eigenvalue weighted by Crippen LogP contribution is 2.17. The molecule has 0 heterocycles. The molecule has 0 bridgehead atoms. The lowest BCUT2D eigenvalue weighted by Crippen LogP contribution is -2.24. The summed E-state index contributed by atoms with van der Waals surface area (Å²) in [7, 11) is 0. The van der Waals surface area contributed by atoms with E-state index in [4.69, 9.17) is 5.11 Å². The number of alkyl halides is 2. The van der Waals surface area contributed by atoms with Crippen LogP contribution in [-0.4, -0.2) is 17.0 Å². The molecule has 0 saturated carbocycles. The van der Waals surface area contributed by atoms with E-state index in [2.05, 4.69) is 0 Å². The molecule has 0 radical (unpaired) electrons. The van der Waals surface area contributed by atoms with E-state index < -0.39 is 17.7 Å². The zero-order valence-corrected chi connectivity index (χ0v) is 7.45. The molecule has 5 heteroatoms. The Balaban J connectivity index is 2.82. The van der Waals surface area contributed by atoms with Gasteiger partial charge in [0.05, 0.1) is 0 Å². The minimum absolute atomic E-state index is 0.253. The number of carbonyl (C=O) groups is 1. The van der Waals surface area contributed by atoms with Crippen LogP contribution >= 0.6 is 0 Å². The van der Waals surface area contributed by atoms with E-state index in [0.29, 0.717) is 5.56 Å². The van der Waals surface area contributed by atoms with E-state index in [1.807, 2.05) is 0 Å². The van der Waals surface area contributed by atoms with Gasteiger partial charge in [0.15, 0.2) is 0 Å². The van der Waals surface area contributed by atoms with Crippen LogP contribution < -0.4 is 0 Å². The summed E-state index contributed by atoms with van der Waals surface area (Å²) < 4.78 is 37.5. The van der Waals surface area contributed by atoms with Crippen molar-refractivity contribution in [3.8, 4) is 0 Å². The van der Waals surface area contributed by atoms with Gasteiger partial charge in [-0.3, -0.25) is 0 Å². The van der Waals surface area contributed by atoms with Crippen LogP contribution in [0.4, 0.5) is 13.2 Å². The maximum absolute atomic E-state index is 12.6. The van der Waals surface area contributed by atoms with Gasteiger partial charge >= 0.3 is 11.9 Å². The van der Waals surface area contributed by atoms with Gasteiger partial charge in [0.25, 0.3) is 0 Å². The fraction of sp³-hybridized carbons (Fsp3) is 0.100. The number of carboxylic acids is 1. The van der Waals surface area contributed by atoms with Gasteiger partial charge in [0, 0.05) is 0 Å². The second-order valence-electron chi connectivity index (χ2n) is 2.81. The molecule has 2 nitrogen and oxygen atoms in total. The van der Waals surface area contributed by atoms with E-state index in [0.717, 1.165) is 18.2 Å². The first-order valence-electron chi connectivity index (χ1n) is 3.98. The van der Waals surface area contributed by atoms with E-state index in [9.17, 15) is 18.0 Å². The molecular formula is C10H7F3O2. The van der Waals surface area contributed by atoms with E-state index >= 15 is 0 Å². The van der Waals surface area contributed by atoms with Crippen molar-refractivity contribution in [1.29, 1.82) is 0 Å². The molecule has 80 valence electrons. The monoisotopic (exact) mass is 216 g/mol. The maximum atomic E-state index is 12.6. The molecule has 0 atom stereocenters. The van der Waals surface area contributed by atoms with Crippen molar-refractivity contribution in [2.24, 2.45) is 0 Å². The predicted octanol–water partition coefficient (Wildman–Crippen LogP) is 2.56. The second-order valence-corrected chi connectivity index (χ2v) is 2.81. The lowest BCUT2D eigenvalue weighted by Gasteiger charge is -2.03. The molecule has 0 unspecified atom stereocenters. The minimum atomic E-state index is -3.91. The first kappa shape index (κ1) is 11.3. The van der Waals surface area contributed by atoms with E-state index in [1.165, 1.54) is 12.1 Å². The highest BCUT2D eigenvalue weighted by atomic mass is 19.3. The lowest BCUT2D eigenvalue weighted by molar-refractivity contribution is -0.157. The van der Waals surface area contributed by atoms with Gasteiger partial charge in [-0.25, -0.2) is 9.18 Å². The van der Waals surface area contributed by atoms with Crippen LogP contribution in [0.5, 0.6) is 0 Å². The summed E-state index contributed by atoms with van der Waals surface area (Å²) in [5.41, 5.74) is 0.303. The number of hydrogen-bond donors (Lipinski definition) is 1. The fourth-order valence-electron chi connectivity index (χ4n) is 0.846. The number of carboxylic acid groups (broad SMARTS) is 1. The Morgan fingerprint density at radius 2 is 1.80 bits per heavy atom. The lowest BCUT2D eigenvalue weighted by atomic mass is 10.2. The largest absolute Gasteiger partial charge is 0.477 e. The molecule has 0 saturated heterocycles. The van der Waals surface area contributed by atoms with Gasteiger partial charge in [0.2, 0.25) is 0 Å². The van der Waals surface area contributed by atoms with Gasteiger partial charge < -0.3 is 5.11 Å². The van der Waals surface area contributed by atoms with Crippen molar-refractivity contribution in [2.75, 3.05) is 0 Å². The molecule has 0 aromatic heterocycles. The molecule has 1 aromatic rings. The summed E-state index contributed by atoms with van der Waals surface area (Å²) in [6.45, 7) is 0. The summed E-state index contributed by atoms with van der Waals surface area (Å²) in [6.07, 6.45) is 1.18. The van der Waals surface area contributed by atoms with Crippen LogP contribution in [0.2, 0.25) is 0 Å². The van der Waals surface area contributed by atoms with E-state index in [1.54, 1.807) is 0 Å². The van der Waals surface area contributed by atoms with E-state index in [-0.39, 0.29) is 6.08 Å². The summed E-state index contributed by atoms with van der Waals surface area (Å²) in [4.78, 5) is 10.0. The van der Waals surface area contributed by atoms with Gasteiger partial charge in [-0.05, 0) is 23.8 Å². The Kier molecular flexibility index (Phi) is 3.14. The summed E-state index contributed by atoms with van der Waals surface area (Å²) in [5.74, 6) is -6.62. The third kappa shape index (κ3) is 3.12. The van der Waals surface area contributed by atoms with Crippen molar-refractivity contribution in [1.82, 2.24) is 0 Å².